The Hall–Kier alpha value is -2.86. The van der Waals surface area contributed by atoms with Gasteiger partial charge in [0, 0.05) is 31.0 Å². The van der Waals surface area contributed by atoms with Crippen LogP contribution in [0.1, 0.15) is 22.2 Å². The zero-order valence-electron chi connectivity index (χ0n) is 14.1. The van der Waals surface area contributed by atoms with Gasteiger partial charge in [0.05, 0.1) is 24.9 Å². The Labute approximate surface area is 146 Å². The minimum Gasteiger partial charge on any atom is -0.377 e. The first-order chi connectivity index (χ1) is 12.2. The van der Waals surface area contributed by atoms with Crippen molar-refractivity contribution in [3.8, 4) is 11.3 Å². The molecule has 0 radical (unpaired) electrons. The number of hydrogen-bond acceptors (Lipinski definition) is 3. The molecule has 0 unspecified atom stereocenters. The van der Waals surface area contributed by atoms with Gasteiger partial charge in [0.25, 0.3) is 5.91 Å². The first-order valence-corrected chi connectivity index (χ1v) is 8.35. The van der Waals surface area contributed by atoms with E-state index in [1.807, 2.05) is 71.2 Å². The number of nitrogens with zero attached hydrogens (tertiary/aromatic N) is 3. The highest BCUT2D eigenvalue weighted by molar-refractivity contribution is 5.93. The van der Waals surface area contributed by atoms with Gasteiger partial charge in [-0.25, -0.2) is 0 Å². The second kappa shape index (κ2) is 6.57. The predicted molar refractivity (Wildman–Crippen MR) is 94.0 cm³/mol. The van der Waals surface area contributed by atoms with Crippen LogP contribution in [0.25, 0.3) is 11.3 Å². The van der Waals surface area contributed by atoms with E-state index in [0.717, 1.165) is 17.0 Å². The summed E-state index contributed by atoms with van der Waals surface area (Å²) in [5, 5.41) is 7.19. The summed E-state index contributed by atoms with van der Waals surface area (Å²) >= 11 is 0. The molecule has 25 heavy (non-hydrogen) atoms. The number of aromatic nitrogens is 3. The van der Waals surface area contributed by atoms with Crippen LogP contribution >= 0.6 is 0 Å². The lowest BCUT2D eigenvalue weighted by Crippen LogP contribution is -2.44. The van der Waals surface area contributed by atoms with E-state index in [9.17, 15) is 4.79 Å². The average molecular weight is 336 g/mol. The fourth-order valence-corrected chi connectivity index (χ4v) is 3.26. The van der Waals surface area contributed by atoms with Gasteiger partial charge in [0.1, 0.15) is 5.69 Å². The van der Waals surface area contributed by atoms with Crippen LogP contribution < -0.4 is 0 Å². The minimum absolute atomic E-state index is 0.0517. The number of aromatic amines is 1. The van der Waals surface area contributed by atoms with Crippen molar-refractivity contribution in [1.29, 1.82) is 0 Å². The second-order valence-corrected chi connectivity index (χ2v) is 6.17. The molecule has 0 spiro atoms. The number of hydrogen-bond donors (Lipinski definition) is 1. The van der Waals surface area contributed by atoms with Crippen molar-refractivity contribution in [2.75, 3.05) is 19.8 Å². The number of carbonyl (C=O) groups excluding carboxylic acids is 1. The van der Waals surface area contributed by atoms with Crippen molar-refractivity contribution in [2.24, 2.45) is 7.05 Å². The molecule has 128 valence electrons. The number of H-pyrrole nitrogens is 1. The number of aryl methyl sites for hydroxylation is 1. The number of rotatable bonds is 3. The molecule has 1 aliphatic rings. The number of nitrogens with one attached hydrogen (secondary N) is 1. The van der Waals surface area contributed by atoms with Crippen molar-refractivity contribution >= 4 is 5.91 Å². The number of ether oxygens (including phenoxy) is 1. The third kappa shape index (κ3) is 2.96. The van der Waals surface area contributed by atoms with Gasteiger partial charge in [-0.2, -0.15) is 5.10 Å². The van der Waals surface area contributed by atoms with E-state index >= 15 is 0 Å². The number of amides is 1. The van der Waals surface area contributed by atoms with Crippen LogP contribution in [0.5, 0.6) is 0 Å². The van der Waals surface area contributed by atoms with E-state index < -0.39 is 0 Å². The lowest BCUT2D eigenvalue weighted by molar-refractivity contribution is -0.00494. The molecule has 3 heterocycles. The van der Waals surface area contributed by atoms with Crippen LogP contribution in [0, 0.1) is 0 Å². The number of benzene rings is 1. The topological polar surface area (TPSA) is 63.1 Å². The molecule has 1 fully saturated rings. The lowest BCUT2D eigenvalue weighted by atomic mass is 10.1. The van der Waals surface area contributed by atoms with Gasteiger partial charge in [-0.15, -0.1) is 0 Å². The van der Waals surface area contributed by atoms with Gasteiger partial charge in [-0.05, 0) is 18.2 Å². The van der Waals surface area contributed by atoms with Crippen LogP contribution in [0.4, 0.5) is 0 Å². The fourth-order valence-electron chi connectivity index (χ4n) is 3.26. The summed E-state index contributed by atoms with van der Waals surface area (Å²) in [7, 11) is 1.98. The summed E-state index contributed by atoms with van der Waals surface area (Å²) in [6.07, 6.45) is 1.98. The summed E-state index contributed by atoms with van der Waals surface area (Å²) in [6.45, 7) is 1.62. The SMILES string of the molecule is Cn1cccc1[C@H]1COCCN1C(=O)c1cc(-c2ccccc2)n[nH]1. The zero-order valence-corrected chi connectivity index (χ0v) is 14.1. The summed E-state index contributed by atoms with van der Waals surface area (Å²) in [6, 6.07) is 15.6. The number of morpholine rings is 1. The van der Waals surface area contributed by atoms with E-state index in [0.29, 0.717) is 25.5 Å². The molecule has 1 N–H and O–H groups in total. The van der Waals surface area contributed by atoms with Gasteiger partial charge in [0.2, 0.25) is 0 Å². The first-order valence-electron chi connectivity index (χ1n) is 8.35. The molecule has 1 atom stereocenters. The highest BCUT2D eigenvalue weighted by Crippen LogP contribution is 2.26. The maximum absolute atomic E-state index is 13.1. The normalized spacial score (nSPS) is 17.6. The predicted octanol–water partition coefficient (Wildman–Crippen LogP) is 2.63. The Kier molecular flexibility index (Phi) is 4.11. The zero-order chi connectivity index (χ0) is 17.2. The molecule has 3 aromatic rings. The third-order valence-corrected chi connectivity index (χ3v) is 4.59. The Bertz CT molecular complexity index is 868. The van der Waals surface area contributed by atoms with Crippen molar-refractivity contribution in [3.05, 3.63) is 66.1 Å². The van der Waals surface area contributed by atoms with E-state index in [1.54, 1.807) is 0 Å². The van der Waals surface area contributed by atoms with Gasteiger partial charge >= 0.3 is 0 Å². The van der Waals surface area contributed by atoms with Crippen molar-refractivity contribution < 1.29 is 9.53 Å². The maximum atomic E-state index is 13.1. The van der Waals surface area contributed by atoms with E-state index in [2.05, 4.69) is 10.2 Å². The van der Waals surface area contributed by atoms with Crippen molar-refractivity contribution in [1.82, 2.24) is 19.7 Å². The highest BCUT2D eigenvalue weighted by Gasteiger charge is 2.31. The molecule has 0 bridgehead atoms. The van der Waals surface area contributed by atoms with Crippen LogP contribution in [0.3, 0.4) is 0 Å². The van der Waals surface area contributed by atoms with E-state index in [1.165, 1.54) is 0 Å². The Balaban J connectivity index is 1.61. The van der Waals surface area contributed by atoms with Crippen molar-refractivity contribution in [2.45, 2.75) is 6.04 Å². The van der Waals surface area contributed by atoms with Gasteiger partial charge in [0.15, 0.2) is 0 Å². The molecule has 1 aliphatic heterocycles. The summed E-state index contributed by atoms with van der Waals surface area (Å²) in [5.74, 6) is -0.0517. The van der Waals surface area contributed by atoms with Crippen LogP contribution in [-0.4, -0.2) is 45.3 Å². The lowest BCUT2D eigenvalue weighted by Gasteiger charge is -2.35. The Morgan fingerprint density at radius 1 is 1.24 bits per heavy atom. The third-order valence-electron chi connectivity index (χ3n) is 4.59. The summed E-state index contributed by atoms with van der Waals surface area (Å²) < 4.78 is 7.65. The molecule has 0 aliphatic carbocycles. The summed E-state index contributed by atoms with van der Waals surface area (Å²) in [5.41, 5.74) is 3.32. The fraction of sp³-hybridized carbons (Fsp3) is 0.263. The standard InChI is InChI=1S/C19H20N4O2/c1-22-9-5-8-17(22)18-13-25-11-10-23(18)19(24)16-12-15(20-21-16)14-6-3-2-4-7-14/h2-9,12,18H,10-11,13H2,1H3,(H,20,21)/t18-/m1/s1. The Morgan fingerprint density at radius 2 is 2.08 bits per heavy atom. The van der Waals surface area contributed by atoms with Crippen LogP contribution in [0.2, 0.25) is 0 Å². The molecule has 0 saturated carbocycles. The number of carbonyl (C=O) groups is 1. The van der Waals surface area contributed by atoms with Crippen LogP contribution in [0.15, 0.2) is 54.7 Å². The highest BCUT2D eigenvalue weighted by atomic mass is 16.5. The molecular formula is C19H20N4O2. The van der Waals surface area contributed by atoms with E-state index in [4.69, 9.17) is 4.74 Å². The molecule has 1 amide bonds. The molecule has 2 aromatic heterocycles. The van der Waals surface area contributed by atoms with Gasteiger partial charge in [-0.3, -0.25) is 9.89 Å². The molecule has 6 nitrogen and oxygen atoms in total. The molecule has 1 saturated heterocycles. The van der Waals surface area contributed by atoms with E-state index in [-0.39, 0.29) is 11.9 Å². The second-order valence-electron chi connectivity index (χ2n) is 6.17. The Morgan fingerprint density at radius 3 is 2.84 bits per heavy atom. The molecular weight excluding hydrogens is 316 g/mol. The monoisotopic (exact) mass is 336 g/mol. The smallest absolute Gasteiger partial charge is 0.272 e. The minimum atomic E-state index is -0.0928. The van der Waals surface area contributed by atoms with Crippen molar-refractivity contribution in [3.63, 3.8) is 0 Å². The van der Waals surface area contributed by atoms with Crippen LogP contribution in [-0.2, 0) is 11.8 Å². The summed E-state index contributed by atoms with van der Waals surface area (Å²) in [4.78, 5) is 14.9. The molecule has 6 heteroatoms. The first kappa shape index (κ1) is 15.7. The van der Waals surface area contributed by atoms with Gasteiger partial charge in [-0.1, -0.05) is 30.3 Å². The molecule has 4 rings (SSSR count). The largest absolute Gasteiger partial charge is 0.377 e. The van der Waals surface area contributed by atoms with Gasteiger partial charge < -0.3 is 14.2 Å². The average Bonchev–Trinajstić information content (AvgIpc) is 3.31. The molecule has 1 aromatic carbocycles. The maximum Gasteiger partial charge on any atom is 0.272 e. The quantitative estimate of drug-likeness (QED) is 0.800.